The summed E-state index contributed by atoms with van der Waals surface area (Å²) in [5.41, 5.74) is 3.37. The number of nitrogens with one attached hydrogen (secondary N) is 1. The molecule has 0 aliphatic rings. The lowest BCUT2D eigenvalue weighted by Gasteiger charge is -2.13. The minimum absolute atomic E-state index is 0.140. The van der Waals surface area contributed by atoms with Crippen molar-refractivity contribution in [3.63, 3.8) is 0 Å². The zero-order valence-corrected chi connectivity index (χ0v) is 16.5. The Morgan fingerprint density at radius 3 is 2.74 bits per heavy atom. The van der Waals surface area contributed by atoms with Gasteiger partial charge in [0.05, 0.1) is 21.6 Å². The van der Waals surface area contributed by atoms with Crippen LogP contribution >= 0.6 is 23.4 Å². The lowest BCUT2D eigenvalue weighted by atomic mass is 10.1. The SMILES string of the molecule is Cc1ccc(-n2nnnc2S[C@@H](C)C(=O)Nc2ccc(F)cc2Cl)c(C)c1. The molecule has 3 aromatic rings. The van der Waals surface area contributed by atoms with E-state index in [0.29, 0.717) is 10.8 Å². The second-order valence-electron chi connectivity index (χ2n) is 6.04. The molecule has 1 heterocycles. The van der Waals surface area contributed by atoms with Crippen LogP contribution in [0.25, 0.3) is 5.69 Å². The van der Waals surface area contributed by atoms with Gasteiger partial charge in [-0.2, -0.15) is 4.68 Å². The van der Waals surface area contributed by atoms with E-state index in [1.807, 2.05) is 32.0 Å². The van der Waals surface area contributed by atoms with E-state index >= 15 is 0 Å². The number of rotatable bonds is 5. The minimum Gasteiger partial charge on any atom is -0.324 e. The Morgan fingerprint density at radius 2 is 2.04 bits per heavy atom. The summed E-state index contributed by atoms with van der Waals surface area (Å²) >= 11 is 7.18. The number of anilines is 1. The molecule has 0 radical (unpaired) electrons. The molecule has 0 bridgehead atoms. The predicted octanol–water partition coefficient (Wildman–Crippen LogP) is 4.19. The van der Waals surface area contributed by atoms with E-state index in [1.165, 1.54) is 23.9 Å². The fourth-order valence-corrected chi connectivity index (χ4v) is 3.50. The number of halogens is 2. The Balaban J connectivity index is 1.76. The van der Waals surface area contributed by atoms with E-state index in [-0.39, 0.29) is 10.9 Å². The summed E-state index contributed by atoms with van der Waals surface area (Å²) in [6.07, 6.45) is 0. The summed E-state index contributed by atoms with van der Waals surface area (Å²) < 4.78 is 14.7. The van der Waals surface area contributed by atoms with Crippen molar-refractivity contribution in [2.24, 2.45) is 0 Å². The van der Waals surface area contributed by atoms with Crippen LogP contribution in [0.5, 0.6) is 0 Å². The number of tetrazole rings is 1. The van der Waals surface area contributed by atoms with E-state index in [4.69, 9.17) is 11.6 Å². The number of carbonyl (C=O) groups is 1. The number of benzene rings is 2. The van der Waals surface area contributed by atoms with Gasteiger partial charge in [-0.1, -0.05) is 41.1 Å². The quantitative estimate of drug-likeness (QED) is 0.644. The highest BCUT2D eigenvalue weighted by Crippen LogP contribution is 2.27. The standard InChI is InChI=1S/C18H17ClFN5OS/c1-10-4-7-16(11(2)8-10)25-18(22-23-24-25)27-12(3)17(26)21-15-6-5-13(20)9-14(15)19/h4-9,12H,1-3H3,(H,21,26)/t12-/m0/s1. The molecule has 3 rings (SSSR count). The molecule has 6 nitrogen and oxygen atoms in total. The molecule has 1 aromatic heterocycles. The van der Waals surface area contributed by atoms with Crippen LogP contribution in [0.4, 0.5) is 10.1 Å². The van der Waals surface area contributed by atoms with Crippen LogP contribution in [0.15, 0.2) is 41.6 Å². The van der Waals surface area contributed by atoms with Crippen LogP contribution in [-0.2, 0) is 4.79 Å². The largest absolute Gasteiger partial charge is 0.324 e. The van der Waals surface area contributed by atoms with Crippen molar-refractivity contribution in [2.75, 3.05) is 5.32 Å². The number of amides is 1. The molecule has 1 N–H and O–H groups in total. The van der Waals surface area contributed by atoms with Crippen molar-refractivity contribution in [1.82, 2.24) is 20.2 Å². The molecule has 0 aliphatic heterocycles. The first-order chi connectivity index (χ1) is 12.8. The number of aryl methyl sites for hydroxylation is 2. The fourth-order valence-electron chi connectivity index (χ4n) is 2.48. The average Bonchev–Trinajstić information content (AvgIpc) is 3.05. The molecule has 0 saturated carbocycles. The smallest absolute Gasteiger partial charge is 0.237 e. The predicted molar refractivity (Wildman–Crippen MR) is 104 cm³/mol. The van der Waals surface area contributed by atoms with E-state index < -0.39 is 11.1 Å². The van der Waals surface area contributed by atoms with Crippen LogP contribution < -0.4 is 5.32 Å². The van der Waals surface area contributed by atoms with Crippen LogP contribution in [0.1, 0.15) is 18.1 Å². The maximum atomic E-state index is 13.1. The van der Waals surface area contributed by atoms with Crippen molar-refractivity contribution in [3.05, 3.63) is 58.4 Å². The third-order valence-corrected chi connectivity index (χ3v) is 5.21. The monoisotopic (exact) mass is 405 g/mol. The second-order valence-corrected chi connectivity index (χ2v) is 7.75. The van der Waals surface area contributed by atoms with Crippen LogP contribution in [0.2, 0.25) is 5.02 Å². The van der Waals surface area contributed by atoms with Gasteiger partial charge in [-0.3, -0.25) is 4.79 Å². The molecule has 0 unspecified atom stereocenters. The Hall–Kier alpha value is -2.45. The number of hydrogen-bond acceptors (Lipinski definition) is 5. The molecule has 2 aromatic carbocycles. The summed E-state index contributed by atoms with van der Waals surface area (Å²) in [4.78, 5) is 12.5. The minimum atomic E-state index is -0.498. The van der Waals surface area contributed by atoms with Gasteiger partial charge in [0.2, 0.25) is 11.1 Å². The molecule has 27 heavy (non-hydrogen) atoms. The van der Waals surface area contributed by atoms with E-state index in [0.717, 1.165) is 22.9 Å². The Kier molecular flexibility index (Phi) is 5.76. The van der Waals surface area contributed by atoms with Gasteiger partial charge in [0.1, 0.15) is 5.82 Å². The van der Waals surface area contributed by atoms with E-state index in [9.17, 15) is 9.18 Å². The first kappa shape index (κ1) is 19.3. The lowest BCUT2D eigenvalue weighted by Crippen LogP contribution is -2.23. The Labute approximate surface area is 165 Å². The highest BCUT2D eigenvalue weighted by atomic mass is 35.5. The summed E-state index contributed by atoms with van der Waals surface area (Å²) in [5, 5.41) is 14.6. The molecular weight excluding hydrogens is 389 g/mol. The third-order valence-electron chi connectivity index (χ3n) is 3.86. The topological polar surface area (TPSA) is 72.7 Å². The van der Waals surface area contributed by atoms with Crippen LogP contribution in [0.3, 0.4) is 0 Å². The Morgan fingerprint density at radius 1 is 1.26 bits per heavy atom. The first-order valence-corrected chi connectivity index (χ1v) is 9.39. The molecule has 0 aliphatic carbocycles. The number of thioether (sulfide) groups is 1. The van der Waals surface area contributed by atoms with Crippen molar-refractivity contribution in [1.29, 1.82) is 0 Å². The Bertz CT molecular complexity index is 994. The van der Waals surface area contributed by atoms with Gasteiger partial charge in [-0.25, -0.2) is 4.39 Å². The molecule has 9 heteroatoms. The van der Waals surface area contributed by atoms with Gasteiger partial charge in [0, 0.05) is 0 Å². The van der Waals surface area contributed by atoms with Crippen molar-refractivity contribution >= 4 is 35.0 Å². The molecule has 0 spiro atoms. The summed E-state index contributed by atoms with van der Waals surface area (Å²) in [7, 11) is 0. The van der Waals surface area contributed by atoms with E-state index in [1.54, 1.807) is 11.6 Å². The van der Waals surface area contributed by atoms with Crippen LogP contribution in [-0.4, -0.2) is 31.4 Å². The lowest BCUT2D eigenvalue weighted by molar-refractivity contribution is -0.115. The zero-order valence-electron chi connectivity index (χ0n) is 14.9. The van der Waals surface area contributed by atoms with Crippen LogP contribution in [0, 0.1) is 19.7 Å². The summed E-state index contributed by atoms with van der Waals surface area (Å²) in [6.45, 7) is 5.72. The van der Waals surface area contributed by atoms with Gasteiger partial charge >= 0.3 is 0 Å². The van der Waals surface area contributed by atoms with Gasteiger partial charge in [0.25, 0.3) is 0 Å². The van der Waals surface area contributed by atoms with Gasteiger partial charge < -0.3 is 5.32 Å². The summed E-state index contributed by atoms with van der Waals surface area (Å²) in [6, 6.07) is 9.76. The highest BCUT2D eigenvalue weighted by Gasteiger charge is 2.20. The normalized spacial score (nSPS) is 12.0. The molecule has 1 amide bonds. The highest BCUT2D eigenvalue weighted by molar-refractivity contribution is 8.00. The maximum Gasteiger partial charge on any atom is 0.237 e. The van der Waals surface area contributed by atoms with Gasteiger partial charge in [-0.05, 0) is 61.0 Å². The number of aromatic nitrogens is 4. The molecule has 0 saturated heterocycles. The van der Waals surface area contributed by atoms with Crippen molar-refractivity contribution < 1.29 is 9.18 Å². The maximum absolute atomic E-state index is 13.1. The van der Waals surface area contributed by atoms with E-state index in [2.05, 4.69) is 20.8 Å². The first-order valence-electron chi connectivity index (χ1n) is 8.13. The second kappa shape index (κ2) is 8.06. The number of hydrogen-bond donors (Lipinski definition) is 1. The number of nitrogens with zero attached hydrogens (tertiary/aromatic N) is 4. The average molecular weight is 406 g/mol. The van der Waals surface area contributed by atoms with Crippen molar-refractivity contribution in [2.45, 2.75) is 31.2 Å². The van der Waals surface area contributed by atoms with Crippen molar-refractivity contribution in [3.8, 4) is 5.69 Å². The fraction of sp³-hybridized carbons (Fsp3) is 0.222. The number of carbonyl (C=O) groups excluding carboxylic acids is 1. The van der Waals surface area contributed by atoms with Gasteiger partial charge in [-0.15, -0.1) is 5.10 Å². The molecule has 0 fully saturated rings. The zero-order chi connectivity index (χ0) is 19.6. The third kappa shape index (κ3) is 4.45. The molecule has 140 valence electrons. The molecular formula is C18H17ClFN5OS. The molecule has 1 atom stereocenters. The summed E-state index contributed by atoms with van der Waals surface area (Å²) in [5.74, 6) is -0.753. The van der Waals surface area contributed by atoms with Gasteiger partial charge in [0.15, 0.2) is 0 Å².